The second-order valence-electron chi connectivity index (χ2n) is 5.07. The highest BCUT2D eigenvalue weighted by molar-refractivity contribution is 5.93. The molecule has 2 rings (SSSR count). The van der Waals surface area contributed by atoms with E-state index in [4.69, 9.17) is 0 Å². The molecule has 0 saturated carbocycles. The van der Waals surface area contributed by atoms with Gasteiger partial charge in [-0.2, -0.15) is 4.80 Å². The predicted octanol–water partition coefficient (Wildman–Crippen LogP) is -0.0732. The Labute approximate surface area is 100.0 Å². The van der Waals surface area contributed by atoms with Gasteiger partial charge in [-0.25, -0.2) is 0 Å². The molecular formula is C10H18N6O. The molecule has 7 nitrogen and oxygen atoms in total. The SMILES string of the molecule is Cn1nnc(NC(=O)C2NCCCC2(C)C)n1. The van der Waals surface area contributed by atoms with Crippen molar-refractivity contribution in [2.45, 2.75) is 32.7 Å². The first kappa shape index (κ1) is 12.0. The molecule has 1 unspecified atom stereocenters. The fourth-order valence-corrected chi connectivity index (χ4v) is 2.18. The number of hydrogen-bond donors (Lipinski definition) is 2. The van der Waals surface area contributed by atoms with Crippen molar-refractivity contribution in [2.75, 3.05) is 11.9 Å². The van der Waals surface area contributed by atoms with Crippen molar-refractivity contribution in [1.82, 2.24) is 25.5 Å². The molecule has 0 aromatic carbocycles. The molecule has 0 radical (unpaired) electrons. The number of aromatic nitrogens is 4. The fourth-order valence-electron chi connectivity index (χ4n) is 2.18. The molecule has 2 heterocycles. The average Bonchev–Trinajstić information content (AvgIpc) is 2.63. The Morgan fingerprint density at radius 1 is 1.59 bits per heavy atom. The zero-order valence-corrected chi connectivity index (χ0v) is 10.4. The Morgan fingerprint density at radius 3 is 2.94 bits per heavy atom. The van der Waals surface area contributed by atoms with Crippen LogP contribution in [0.1, 0.15) is 26.7 Å². The zero-order valence-electron chi connectivity index (χ0n) is 10.4. The number of tetrazole rings is 1. The molecular weight excluding hydrogens is 220 g/mol. The van der Waals surface area contributed by atoms with Gasteiger partial charge in [0.25, 0.3) is 5.95 Å². The van der Waals surface area contributed by atoms with E-state index in [9.17, 15) is 4.79 Å². The van der Waals surface area contributed by atoms with E-state index in [2.05, 4.69) is 39.9 Å². The van der Waals surface area contributed by atoms with Gasteiger partial charge in [0.2, 0.25) is 5.91 Å². The summed E-state index contributed by atoms with van der Waals surface area (Å²) in [4.78, 5) is 13.4. The van der Waals surface area contributed by atoms with E-state index in [0.29, 0.717) is 0 Å². The van der Waals surface area contributed by atoms with E-state index in [-0.39, 0.29) is 23.3 Å². The summed E-state index contributed by atoms with van der Waals surface area (Å²) < 4.78 is 0. The minimum atomic E-state index is -0.208. The van der Waals surface area contributed by atoms with Crippen LogP contribution in [0.4, 0.5) is 5.95 Å². The molecule has 0 aliphatic carbocycles. The normalized spacial score (nSPS) is 23.4. The summed E-state index contributed by atoms with van der Waals surface area (Å²) in [6, 6.07) is -0.208. The number of piperidine rings is 1. The smallest absolute Gasteiger partial charge is 0.270 e. The summed E-state index contributed by atoms with van der Waals surface area (Å²) in [5, 5.41) is 17.3. The first-order chi connectivity index (χ1) is 7.99. The molecule has 2 N–H and O–H groups in total. The van der Waals surface area contributed by atoms with Crippen LogP contribution in [0.15, 0.2) is 0 Å². The number of nitrogens with zero attached hydrogens (tertiary/aromatic N) is 4. The monoisotopic (exact) mass is 238 g/mol. The van der Waals surface area contributed by atoms with Crippen molar-refractivity contribution in [2.24, 2.45) is 12.5 Å². The van der Waals surface area contributed by atoms with Crippen molar-refractivity contribution in [3.8, 4) is 0 Å². The van der Waals surface area contributed by atoms with Gasteiger partial charge in [0.05, 0.1) is 13.1 Å². The number of rotatable bonds is 2. The van der Waals surface area contributed by atoms with Gasteiger partial charge >= 0.3 is 0 Å². The summed E-state index contributed by atoms with van der Waals surface area (Å²) >= 11 is 0. The third kappa shape index (κ3) is 2.60. The predicted molar refractivity (Wildman–Crippen MR) is 62.2 cm³/mol. The van der Waals surface area contributed by atoms with Crippen molar-refractivity contribution in [1.29, 1.82) is 0 Å². The van der Waals surface area contributed by atoms with Crippen molar-refractivity contribution < 1.29 is 4.79 Å². The molecule has 1 saturated heterocycles. The number of amides is 1. The maximum absolute atomic E-state index is 12.1. The molecule has 0 bridgehead atoms. The lowest BCUT2D eigenvalue weighted by atomic mass is 9.77. The molecule has 7 heteroatoms. The molecule has 0 spiro atoms. The third-order valence-corrected chi connectivity index (χ3v) is 3.13. The summed E-state index contributed by atoms with van der Waals surface area (Å²) in [7, 11) is 1.66. The van der Waals surface area contributed by atoms with Gasteiger partial charge in [-0.15, -0.1) is 5.10 Å². The quantitative estimate of drug-likeness (QED) is 0.753. The Hall–Kier alpha value is -1.50. The highest BCUT2D eigenvalue weighted by atomic mass is 16.2. The minimum absolute atomic E-state index is 0.0510. The van der Waals surface area contributed by atoms with E-state index in [0.717, 1.165) is 19.4 Å². The van der Waals surface area contributed by atoms with Crippen LogP contribution in [-0.2, 0) is 11.8 Å². The second-order valence-corrected chi connectivity index (χ2v) is 5.07. The first-order valence-electron chi connectivity index (χ1n) is 5.77. The Balaban J connectivity index is 2.04. The van der Waals surface area contributed by atoms with E-state index >= 15 is 0 Å². The highest BCUT2D eigenvalue weighted by Crippen LogP contribution is 2.30. The lowest BCUT2D eigenvalue weighted by Crippen LogP contribution is -2.53. The van der Waals surface area contributed by atoms with Crippen LogP contribution < -0.4 is 10.6 Å². The molecule has 1 aromatic rings. The fraction of sp³-hybridized carbons (Fsp3) is 0.800. The number of aryl methyl sites for hydroxylation is 1. The maximum Gasteiger partial charge on any atom is 0.270 e. The van der Waals surface area contributed by atoms with Crippen LogP contribution in [0, 0.1) is 5.41 Å². The lowest BCUT2D eigenvalue weighted by Gasteiger charge is -2.37. The van der Waals surface area contributed by atoms with E-state index in [1.807, 2.05) is 0 Å². The number of anilines is 1. The number of nitrogens with one attached hydrogen (secondary N) is 2. The Morgan fingerprint density at radius 2 is 2.35 bits per heavy atom. The molecule has 1 aromatic heterocycles. The summed E-state index contributed by atoms with van der Waals surface area (Å²) in [5.41, 5.74) is -0.0510. The largest absolute Gasteiger partial charge is 0.305 e. The van der Waals surface area contributed by atoms with Gasteiger partial charge in [0.15, 0.2) is 0 Å². The minimum Gasteiger partial charge on any atom is -0.305 e. The van der Waals surface area contributed by atoms with Gasteiger partial charge in [-0.05, 0) is 30.0 Å². The zero-order chi connectivity index (χ0) is 12.5. The van der Waals surface area contributed by atoms with Crippen LogP contribution in [0.2, 0.25) is 0 Å². The summed E-state index contributed by atoms with van der Waals surface area (Å²) in [6.07, 6.45) is 2.13. The number of carbonyl (C=O) groups is 1. The van der Waals surface area contributed by atoms with Gasteiger partial charge < -0.3 is 5.32 Å². The van der Waals surface area contributed by atoms with Gasteiger partial charge in [0, 0.05) is 0 Å². The van der Waals surface area contributed by atoms with E-state index in [1.165, 1.54) is 4.80 Å². The molecule has 17 heavy (non-hydrogen) atoms. The van der Waals surface area contributed by atoms with E-state index < -0.39 is 0 Å². The van der Waals surface area contributed by atoms with E-state index in [1.54, 1.807) is 7.05 Å². The van der Waals surface area contributed by atoms with Gasteiger partial charge in [-0.1, -0.05) is 18.9 Å². The number of carbonyl (C=O) groups excluding carboxylic acids is 1. The molecule has 94 valence electrons. The molecule has 1 fully saturated rings. The van der Waals surface area contributed by atoms with Crippen LogP contribution in [0.25, 0.3) is 0 Å². The molecule has 1 atom stereocenters. The average molecular weight is 238 g/mol. The standard InChI is InChI=1S/C10H18N6O/c1-10(2)5-4-6-11-7(10)8(17)12-9-13-15-16(3)14-9/h7,11H,4-6H2,1-3H3,(H,12,14,17). The maximum atomic E-state index is 12.1. The van der Waals surface area contributed by atoms with Gasteiger partial charge in [-0.3, -0.25) is 10.1 Å². The summed E-state index contributed by atoms with van der Waals surface area (Å²) in [6.45, 7) is 5.05. The second kappa shape index (κ2) is 4.40. The van der Waals surface area contributed by atoms with Gasteiger partial charge in [0.1, 0.15) is 0 Å². The Kier molecular flexibility index (Phi) is 3.10. The Bertz CT molecular complexity index is 413. The van der Waals surface area contributed by atoms with Crippen molar-refractivity contribution in [3.63, 3.8) is 0 Å². The molecule has 1 amide bonds. The summed E-state index contributed by atoms with van der Waals surface area (Å²) in [5.74, 6) is 0.156. The van der Waals surface area contributed by atoms with Crippen LogP contribution in [0.5, 0.6) is 0 Å². The third-order valence-electron chi connectivity index (χ3n) is 3.13. The number of hydrogen-bond acceptors (Lipinski definition) is 5. The lowest BCUT2D eigenvalue weighted by molar-refractivity contribution is -0.121. The van der Waals surface area contributed by atoms with Crippen LogP contribution >= 0.6 is 0 Å². The van der Waals surface area contributed by atoms with Crippen LogP contribution in [-0.4, -0.2) is 38.7 Å². The first-order valence-corrected chi connectivity index (χ1v) is 5.77. The topological polar surface area (TPSA) is 84.7 Å². The molecule has 1 aliphatic heterocycles. The van der Waals surface area contributed by atoms with Crippen LogP contribution in [0.3, 0.4) is 0 Å². The molecule has 1 aliphatic rings. The van der Waals surface area contributed by atoms with Crippen molar-refractivity contribution >= 4 is 11.9 Å². The van der Waals surface area contributed by atoms with Crippen molar-refractivity contribution in [3.05, 3.63) is 0 Å². The highest BCUT2D eigenvalue weighted by Gasteiger charge is 2.37.